The Morgan fingerprint density at radius 3 is 1.46 bits per heavy atom. The van der Waals surface area contributed by atoms with Crippen molar-refractivity contribution < 1.29 is 0 Å². The van der Waals surface area contributed by atoms with Crippen LogP contribution >= 0.6 is 32.3 Å². The molecule has 0 spiro atoms. The van der Waals surface area contributed by atoms with E-state index in [0.29, 0.717) is 0 Å². The first-order chi connectivity index (χ1) is 13.4. The van der Waals surface area contributed by atoms with Crippen LogP contribution in [0.2, 0.25) is 0 Å². The van der Waals surface area contributed by atoms with Crippen LogP contribution in [-0.4, -0.2) is 5.49 Å². The topological polar surface area (TPSA) is 0 Å². The summed E-state index contributed by atoms with van der Waals surface area (Å²) in [6.45, 7) is 0. The summed E-state index contributed by atoms with van der Waals surface area (Å²) in [6.07, 6.45) is 0. The van der Waals surface area contributed by atoms with Crippen molar-refractivity contribution in [2.45, 2.75) is 0 Å². The Hall–Kier alpha value is -2.05. The third-order valence-electron chi connectivity index (χ3n) is 5.24. The summed E-state index contributed by atoms with van der Waals surface area (Å²) in [4.78, 5) is 0. The first-order valence-electron chi connectivity index (χ1n) is 9.23. The van der Waals surface area contributed by atoms with Crippen LogP contribution in [0, 0.1) is 0 Å². The van der Waals surface area contributed by atoms with Gasteiger partial charge in [-0.2, -0.15) is 0 Å². The van der Waals surface area contributed by atoms with Gasteiger partial charge in [0.05, 0.1) is 0 Å². The van der Waals surface area contributed by atoms with E-state index in [1.165, 1.54) is 27.0 Å². The molecule has 0 heterocycles. The van der Waals surface area contributed by atoms with Gasteiger partial charge >= 0.3 is 168 Å². The Bertz CT molecular complexity index is 965. The first-order valence-corrected chi connectivity index (χ1v) is 12.1. The molecule has 0 amide bonds. The average molecular weight is 423 g/mol. The third-order valence-corrected chi connectivity index (χ3v) is 11.1. The molecule has 0 unspecified atom stereocenters. The Kier molecular flexibility index (Phi) is 6.97. The van der Waals surface area contributed by atoms with Crippen molar-refractivity contribution in [3.8, 4) is 11.1 Å². The second kappa shape index (κ2) is 9.43. The number of hydrogen-bond donors (Lipinski definition) is 1. The SMILES string of the molecule is Cl.SC[PH](c1ccccc1)(c1ccccc1)c1ccccc1-c1ccccc1. The summed E-state index contributed by atoms with van der Waals surface area (Å²) < 4.78 is 0. The summed E-state index contributed by atoms with van der Waals surface area (Å²) in [5, 5.41) is 4.22. The summed E-state index contributed by atoms with van der Waals surface area (Å²) >= 11 is 4.96. The zero-order valence-electron chi connectivity index (χ0n) is 15.5. The summed E-state index contributed by atoms with van der Waals surface area (Å²) in [5.74, 6) is 0. The Labute approximate surface area is 179 Å². The quantitative estimate of drug-likeness (QED) is 0.310. The predicted molar refractivity (Wildman–Crippen MR) is 133 cm³/mol. The fourth-order valence-corrected chi connectivity index (χ4v) is 9.60. The van der Waals surface area contributed by atoms with Gasteiger partial charge in [0.1, 0.15) is 0 Å². The van der Waals surface area contributed by atoms with Gasteiger partial charge < -0.3 is 0 Å². The van der Waals surface area contributed by atoms with Crippen LogP contribution in [0.25, 0.3) is 11.1 Å². The molecule has 0 atom stereocenters. The molecule has 0 aliphatic carbocycles. The van der Waals surface area contributed by atoms with E-state index in [9.17, 15) is 0 Å². The average Bonchev–Trinajstić information content (AvgIpc) is 2.77. The molecule has 0 nitrogen and oxygen atoms in total. The minimum atomic E-state index is -2.26. The number of thiol groups is 1. The maximum absolute atomic E-state index is 4.96. The van der Waals surface area contributed by atoms with Crippen molar-refractivity contribution in [1.82, 2.24) is 0 Å². The van der Waals surface area contributed by atoms with E-state index < -0.39 is 7.26 Å². The number of hydrogen-bond acceptors (Lipinski definition) is 1. The summed E-state index contributed by atoms with van der Waals surface area (Å²) in [7, 11) is -2.26. The van der Waals surface area contributed by atoms with Gasteiger partial charge in [-0.25, -0.2) is 0 Å². The Morgan fingerprint density at radius 1 is 0.536 bits per heavy atom. The van der Waals surface area contributed by atoms with E-state index in [0.717, 1.165) is 5.49 Å². The van der Waals surface area contributed by atoms with Crippen LogP contribution in [0.5, 0.6) is 0 Å². The Morgan fingerprint density at radius 2 is 0.964 bits per heavy atom. The van der Waals surface area contributed by atoms with E-state index in [2.05, 4.69) is 115 Å². The second-order valence-electron chi connectivity index (χ2n) is 6.71. The van der Waals surface area contributed by atoms with Gasteiger partial charge in [-0.15, -0.1) is 12.4 Å². The molecule has 142 valence electrons. The predicted octanol–water partition coefficient (Wildman–Crippen LogP) is 5.69. The number of benzene rings is 4. The molecule has 28 heavy (non-hydrogen) atoms. The zero-order chi connectivity index (χ0) is 18.5. The van der Waals surface area contributed by atoms with Crippen molar-refractivity contribution in [3.63, 3.8) is 0 Å². The van der Waals surface area contributed by atoms with Crippen LogP contribution in [-0.2, 0) is 0 Å². The minimum absolute atomic E-state index is 0. The van der Waals surface area contributed by atoms with Gasteiger partial charge in [-0.3, -0.25) is 0 Å². The number of halogens is 1. The molecule has 0 fully saturated rings. The van der Waals surface area contributed by atoms with Crippen LogP contribution in [0.1, 0.15) is 0 Å². The van der Waals surface area contributed by atoms with Crippen molar-refractivity contribution >= 4 is 48.2 Å². The standard InChI is InChI=1S/C25H23PS.ClH/c27-20-26(22-14-6-2-7-15-22,23-16-8-3-9-17-23)25-19-11-10-18-24(25)21-12-4-1-5-13-21;/h1-19,26-27H,20H2;1H. The van der Waals surface area contributed by atoms with Crippen molar-refractivity contribution in [3.05, 3.63) is 115 Å². The fourth-order valence-electron chi connectivity index (χ4n) is 3.92. The molecule has 0 aromatic heterocycles. The molecule has 4 aromatic rings. The van der Waals surface area contributed by atoms with Crippen molar-refractivity contribution in [2.75, 3.05) is 5.49 Å². The zero-order valence-corrected chi connectivity index (χ0v) is 18.2. The van der Waals surface area contributed by atoms with E-state index in [4.69, 9.17) is 12.6 Å². The molecular weight excluding hydrogens is 399 g/mol. The molecule has 4 aromatic carbocycles. The summed E-state index contributed by atoms with van der Waals surface area (Å²) in [6, 6.07) is 41.4. The molecular formula is C25H24ClPS. The van der Waals surface area contributed by atoms with Gasteiger partial charge in [0.25, 0.3) is 0 Å². The van der Waals surface area contributed by atoms with E-state index in [1.807, 2.05) is 0 Å². The van der Waals surface area contributed by atoms with Crippen LogP contribution in [0.4, 0.5) is 0 Å². The fraction of sp³-hybridized carbons (Fsp3) is 0.0400. The van der Waals surface area contributed by atoms with Crippen LogP contribution in [0.15, 0.2) is 115 Å². The Balaban J connectivity index is 0.00000225. The van der Waals surface area contributed by atoms with Crippen LogP contribution < -0.4 is 15.9 Å². The van der Waals surface area contributed by atoms with E-state index >= 15 is 0 Å². The van der Waals surface area contributed by atoms with Crippen LogP contribution in [0.3, 0.4) is 0 Å². The first kappa shape index (κ1) is 20.7. The van der Waals surface area contributed by atoms with E-state index in [-0.39, 0.29) is 12.4 Å². The molecule has 0 radical (unpaired) electrons. The third kappa shape index (κ3) is 3.76. The maximum atomic E-state index is 4.96. The normalized spacial score (nSPS) is 11.5. The van der Waals surface area contributed by atoms with Gasteiger partial charge in [-0.1, -0.05) is 0 Å². The molecule has 0 N–H and O–H groups in total. The van der Waals surface area contributed by atoms with E-state index in [1.54, 1.807) is 0 Å². The molecule has 3 heteroatoms. The van der Waals surface area contributed by atoms with Gasteiger partial charge in [0.2, 0.25) is 0 Å². The molecule has 4 rings (SSSR count). The molecule has 0 aliphatic heterocycles. The van der Waals surface area contributed by atoms with Crippen molar-refractivity contribution in [1.29, 1.82) is 0 Å². The molecule has 0 aliphatic rings. The van der Waals surface area contributed by atoms with Crippen molar-refractivity contribution in [2.24, 2.45) is 0 Å². The monoisotopic (exact) mass is 422 g/mol. The second-order valence-corrected chi connectivity index (χ2v) is 11.5. The molecule has 0 saturated carbocycles. The number of rotatable bonds is 5. The summed E-state index contributed by atoms with van der Waals surface area (Å²) in [5.41, 5.74) is 3.40. The van der Waals surface area contributed by atoms with Gasteiger partial charge in [0.15, 0.2) is 0 Å². The molecule has 0 bridgehead atoms. The molecule has 0 saturated heterocycles. The van der Waals surface area contributed by atoms with Gasteiger partial charge in [-0.05, 0) is 0 Å². The van der Waals surface area contributed by atoms with Gasteiger partial charge in [0, 0.05) is 0 Å².